The molecule has 21 heavy (non-hydrogen) atoms. The standard InChI is InChI=1S/C18H27NO2/c1-2-5-16(6-3-1)15-17(18-7-4-12-21-18)8-9-19-10-13-20-14-11-19/h1-3,5-6,17-18H,4,7-15H2/p+1/t17-,18-/m1/s1. The summed E-state index contributed by atoms with van der Waals surface area (Å²) in [6.07, 6.45) is 5.39. The van der Waals surface area contributed by atoms with E-state index in [9.17, 15) is 0 Å². The fraction of sp³-hybridized carbons (Fsp3) is 0.667. The lowest BCUT2D eigenvalue weighted by Crippen LogP contribution is -3.14. The van der Waals surface area contributed by atoms with Gasteiger partial charge in [0.05, 0.1) is 25.9 Å². The number of ether oxygens (including phenoxy) is 2. The van der Waals surface area contributed by atoms with E-state index in [0.717, 1.165) is 26.2 Å². The van der Waals surface area contributed by atoms with E-state index in [1.165, 1.54) is 44.5 Å². The first-order chi connectivity index (χ1) is 10.4. The van der Waals surface area contributed by atoms with Crippen LogP contribution in [0, 0.1) is 5.92 Å². The van der Waals surface area contributed by atoms with Crippen LogP contribution < -0.4 is 4.90 Å². The molecule has 3 heteroatoms. The summed E-state index contributed by atoms with van der Waals surface area (Å²) in [5, 5.41) is 0. The van der Waals surface area contributed by atoms with Gasteiger partial charge in [-0.15, -0.1) is 0 Å². The zero-order valence-electron chi connectivity index (χ0n) is 12.9. The minimum Gasteiger partial charge on any atom is -0.378 e. The topological polar surface area (TPSA) is 22.9 Å². The van der Waals surface area contributed by atoms with Crippen molar-refractivity contribution in [3.05, 3.63) is 35.9 Å². The van der Waals surface area contributed by atoms with Crippen molar-refractivity contribution < 1.29 is 14.4 Å². The van der Waals surface area contributed by atoms with Gasteiger partial charge in [-0.2, -0.15) is 0 Å². The molecular weight excluding hydrogens is 262 g/mol. The number of benzene rings is 1. The van der Waals surface area contributed by atoms with Gasteiger partial charge in [-0.25, -0.2) is 0 Å². The van der Waals surface area contributed by atoms with Crippen molar-refractivity contribution in [2.24, 2.45) is 5.92 Å². The van der Waals surface area contributed by atoms with Gasteiger partial charge in [-0.1, -0.05) is 30.3 Å². The zero-order valence-corrected chi connectivity index (χ0v) is 12.9. The minimum atomic E-state index is 0.477. The first kappa shape index (κ1) is 15.0. The van der Waals surface area contributed by atoms with Gasteiger partial charge in [0.25, 0.3) is 0 Å². The van der Waals surface area contributed by atoms with Gasteiger partial charge in [-0.05, 0) is 30.7 Å². The van der Waals surface area contributed by atoms with E-state index in [1.807, 2.05) is 0 Å². The van der Waals surface area contributed by atoms with E-state index in [4.69, 9.17) is 9.47 Å². The second-order valence-corrected chi connectivity index (χ2v) is 6.40. The van der Waals surface area contributed by atoms with Gasteiger partial charge in [0.2, 0.25) is 0 Å². The molecule has 116 valence electrons. The van der Waals surface area contributed by atoms with E-state index in [2.05, 4.69) is 30.3 Å². The van der Waals surface area contributed by atoms with Gasteiger partial charge in [0.15, 0.2) is 0 Å². The number of nitrogens with one attached hydrogen (secondary N) is 1. The molecule has 1 aromatic rings. The lowest BCUT2D eigenvalue weighted by atomic mass is 9.89. The highest BCUT2D eigenvalue weighted by molar-refractivity contribution is 5.15. The summed E-state index contributed by atoms with van der Waals surface area (Å²) in [5.74, 6) is 0.672. The first-order valence-corrected chi connectivity index (χ1v) is 8.48. The van der Waals surface area contributed by atoms with Crippen molar-refractivity contribution in [1.29, 1.82) is 0 Å². The molecule has 0 spiro atoms. The van der Waals surface area contributed by atoms with E-state index in [0.29, 0.717) is 12.0 Å². The predicted octanol–water partition coefficient (Wildman–Crippen LogP) is 1.33. The Kier molecular flexibility index (Phi) is 5.67. The van der Waals surface area contributed by atoms with Crippen LogP contribution in [0.25, 0.3) is 0 Å². The Labute approximate surface area is 128 Å². The Balaban J connectivity index is 1.56. The highest BCUT2D eigenvalue weighted by Crippen LogP contribution is 2.25. The summed E-state index contributed by atoms with van der Waals surface area (Å²) >= 11 is 0. The van der Waals surface area contributed by atoms with Gasteiger partial charge in [0, 0.05) is 13.0 Å². The van der Waals surface area contributed by atoms with Gasteiger partial charge in [0.1, 0.15) is 13.1 Å². The van der Waals surface area contributed by atoms with Crippen LogP contribution in [0.15, 0.2) is 30.3 Å². The normalized spacial score (nSPS) is 25.0. The molecule has 0 aromatic heterocycles. The van der Waals surface area contributed by atoms with E-state index >= 15 is 0 Å². The molecule has 1 aromatic carbocycles. The average Bonchev–Trinajstić information content (AvgIpc) is 3.08. The maximum Gasteiger partial charge on any atom is 0.101 e. The van der Waals surface area contributed by atoms with Crippen LogP contribution in [-0.2, 0) is 15.9 Å². The number of quaternary nitrogens is 1. The van der Waals surface area contributed by atoms with Crippen LogP contribution in [0.3, 0.4) is 0 Å². The molecule has 0 amide bonds. The van der Waals surface area contributed by atoms with Gasteiger partial charge in [-0.3, -0.25) is 0 Å². The molecule has 0 unspecified atom stereocenters. The molecule has 1 N–H and O–H groups in total. The molecule has 0 bridgehead atoms. The van der Waals surface area contributed by atoms with E-state index in [1.54, 1.807) is 4.90 Å². The Morgan fingerprint density at radius 1 is 1.10 bits per heavy atom. The summed E-state index contributed by atoms with van der Waals surface area (Å²) in [7, 11) is 0. The molecule has 0 saturated carbocycles. The fourth-order valence-electron chi connectivity index (χ4n) is 3.61. The Bertz CT molecular complexity index is 397. The minimum absolute atomic E-state index is 0.477. The van der Waals surface area contributed by atoms with E-state index < -0.39 is 0 Å². The number of hydrogen-bond acceptors (Lipinski definition) is 2. The molecule has 2 atom stereocenters. The SMILES string of the molecule is c1ccc(C[C@@H](CC[NH+]2CCOCC2)[C@H]2CCCO2)cc1. The Morgan fingerprint density at radius 3 is 2.62 bits per heavy atom. The van der Waals surface area contributed by atoms with Crippen molar-refractivity contribution in [1.82, 2.24) is 0 Å². The molecule has 2 saturated heterocycles. The summed E-state index contributed by atoms with van der Waals surface area (Å²) in [5.41, 5.74) is 1.45. The summed E-state index contributed by atoms with van der Waals surface area (Å²) in [4.78, 5) is 1.71. The average molecular weight is 290 g/mol. The molecule has 0 radical (unpaired) electrons. The van der Waals surface area contributed by atoms with Crippen molar-refractivity contribution in [2.45, 2.75) is 31.8 Å². The van der Waals surface area contributed by atoms with Crippen LogP contribution in [0.1, 0.15) is 24.8 Å². The number of hydrogen-bond donors (Lipinski definition) is 1. The highest BCUT2D eigenvalue weighted by Gasteiger charge is 2.27. The molecular formula is C18H28NO2+. The summed E-state index contributed by atoms with van der Waals surface area (Å²) < 4.78 is 11.4. The zero-order chi connectivity index (χ0) is 14.3. The molecule has 2 aliphatic heterocycles. The summed E-state index contributed by atoms with van der Waals surface area (Å²) in [6.45, 7) is 6.42. The summed E-state index contributed by atoms with van der Waals surface area (Å²) in [6, 6.07) is 10.9. The second kappa shape index (κ2) is 7.92. The van der Waals surface area contributed by atoms with Crippen molar-refractivity contribution in [2.75, 3.05) is 39.5 Å². The molecule has 3 nitrogen and oxygen atoms in total. The Hall–Kier alpha value is -0.900. The predicted molar refractivity (Wildman–Crippen MR) is 83.6 cm³/mol. The third kappa shape index (κ3) is 4.53. The number of morpholine rings is 1. The molecule has 2 fully saturated rings. The number of rotatable bonds is 6. The molecule has 0 aliphatic carbocycles. The largest absolute Gasteiger partial charge is 0.378 e. The first-order valence-electron chi connectivity index (χ1n) is 8.48. The van der Waals surface area contributed by atoms with Crippen LogP contribution in [0.2, 0.25) is 0 Å². The fourth-order valence-corrected chi connectivity index (χ4v) is 3.61. The lowest BCUT2D eigenvalue weighted by Gasteiger charge is -2.28. The van der Waals surface area contributed by atoms with Gasteiger partial charge >= 0.3 is 0 Å². The van der Waals surface area contributed by atoms with Crippen molar-refractivity contribution in [3.8, 4) is 0 Å². The quantitative estimate of drug-likeness (QED) is 0.854. The lowest BCUT2D eigenvalue weighted by molar-refractivity contribution is -0.908. The second-order valence-electron chi connectivity index (χ2n) is 6.40. The molecule has 2 aliphatic rings. The van der Waals surface area contributed by atoms with Crippen LogP contribution in [0.5, 0.6) is 0 Å². The van der Waals surface area contributed by atoms with E-state index in [-0.39, 0.29) is 0 Å². The monoisotopic (exact) mass is 290 g/mol. The molecule has 3 rings (SSSR count). The Morgan fingerprint density at radius 2 is 1.90 bits per heavy atom. The van der Waals surface area contributed by atoms with Crippen molar-refractivity contribution in [3.63, 3.8) is 0 Å². The van der Waals surface area contributed by atoms with Gasteiger partial charge < -0.3 is 14.4 Å². The maximum absolute atomic E-state index is 5.99. The third-order valence-corrected chi connectivity index (χ3v) is 4.90. The highest BCUT2D eigenvalue weighted by atomic mass is 16.5. The van der Waals surface area contributed by atoms with Crippen LogP contribution in [0.4, 0.5) is 0 Å². The van der Waals surface area contributed by atoms with Crippen LogP contribution >= 0.6 is 0 Å². The maximum atomic E-state index is 5.99. The smallest absolute Gasteiger partial charge is 0.101 e. The molecule has 2 heterocycles. The van der Waals surface area contributed by atoms with Crippen molar-refractivity contribution >= 4 is 0 Å². The van der Waals surface area contributed by atoms with Crippen LogP contribution in [-0.4, -0.2) is 45.6 Å². The third-order valence-electron chi connectivity index (χ3n) is 4.90.